The van der Waals surface area contributed by atoms with Crippen LogP contribution in [-0.4, -0.2) is 62.0 Å². The number of rotatable bonds is 7. The molecule has 0 unspecified atom stereocenters. The molecule has 0 bridgehead atoms. The lowest BCUT2D eigenvalue weighted by atomic mass is 9.94. The predicted molar refractivity (Wildman–Crippen MR) is 149 cm³/mol. The zero-order valence-electron chi connectivity index (χ0n) is 21.6. The number of likely N-dealkylation sites (tertiary alicyclic amines) is 1. The molecular formula is C28H28Cl2N4O5S. The monoisotopic (exact) mass is 602 g/mol. The first kappa shape index (κ1) is 27.2. The van der Waals surface area contributed by atoms with Crippen LogP contribution in [0.3, 0.4) is 0 Å². The van der Waals surface area contributed by atoms with E-state index in [1.54, 1.807) is 36.4 Å². The highest BCUT2D eigenvalue weighted by Crippen LogP contribution is 2.51. The topological polar surface area (TPSA) is 120 Å². The molecule has 4 fully saturated rings. The van der Waals surface area contributed by atoms with Gasteiger partial charge in [0.2, 0.25) is 5.91 Å². The van der Waals surface area contributed by atoms with E-state index in [1.165, 1.54) is 11.0 Å². The van der Waals surface area contributed by atoms with Crippen molar-refractivity contribution >= 4 is 50.7 Å². The zero-order valence-corrected chi connectivity index (χ0v) is 23.9. The number of alkyl carbamates (subject to hydrolysis) is 1. The minimum Gasteiger partial charge on any atom is -0.425 e. The van der Waals surface area contributed by atoms with E-state index < -0.39 is 38.4 Å². The molecule has 2 saturated heterocycles. The van der Waals surface area contributed by atoms with E-state index in [9.17, 15) is 23.3 Å². The Balaban J connectivity index is 1.27. The quantitative estimate of drug-likeness (QED) is 0.498. The summed E-state index contributed by atoms with van der Waals surface area (Å²) >= 11 is 12.5. The number of carbonyl (C=O) groups is 2. The first-order valence-corrected chi connectivity index (χ1v) is 15.6. The normalized spacial score (nSPS) is 24.0. The van der Waals surface area contributed by atoms with Crippen molar-refractivity contribution in [1.29, 1.82) is 5.26 Å². The third-order valence-corrected chi connectivity index (χ3v) is 11.3. The third kappa shape index (κ3) is 4.78. The van der Waals surface area contributed by atoms with Gasteiger partial charge in [-0.2, -0.15) is 5.26 Å². The Morgan fingerprint density at radius 2 is 1.75 bits per heavy atom. The van der Waals surface area contributed by atoms with Crippen molar-refractivity contribution in [1.82, 2.24) is 10.2 Å². The largest absolute Gasteiger partial charge is 0.425 e. The first-order valence-electron chi connectivity index (χ1n) is 13.3. The van der Waals surface area contributed by atoms with Crippen LogP contribution >= 0.6 is 23.2 Å². The zero-order chi connectivity index (χ0) is 28.3. The van der Waals surface area contributed by atoms with Gasteiger partial charge in [-0.25, -0.2) is 13.2 Å². The van der Waals surface area contributed by atoms with Gasteiger partial charge < -0.3 is 19.9 Å². The molecule has 6 rings (SSSR count). The molecule has 2 aliphatic carbocycles. The van der Waals surface area contributed by atoms with Crippen molar-refractivity contribution in [2.24, 2.45) is 0 Å². The summed E-state index contributed by atoms with van der Waals surface area (Å²) in [6.45, 7) is 1.64. The Morgan fingerprint density at radius 3 is 2.30 bits per heavy atom. The molecule has 2 heterocycles. The molecule has 9 nitrogen and oxygen atoms in total. The lowest BCUT2D eigenvalue weighted by Gasteiger charge is -2.33. The van der Waals surface area contributed by atoms with Crippen molar-refractivity contribution in [3.63, 3.8) is 0 Å². The van der Waals surface area contributed by atoms with E-state index in [0.717, 1.165) is 30.8 Å². The Hall–Kier alpha value is -3.00. The molecule has 2 saturated carbocycles. The van der Waals surface area contributed by atoms with E-state index in [-0.39, 0.29) is 28.8 Å². The molecule has 0 spiro atoms. The number of sulfone groups is 1. The van der Waals surface area contributed by atoms with Crippen LogP contribution in [0.2, 0.25) is 10.0 Å². The van der Waals surface area contributed by atoms with Crippen molar-refractivity contribution in [2.45, 2.75) is 65.9 Å². The summed E-state index contributed by atoms with van der Waals surface area (Å²) in [4.78, 5) is 30.2. The number of anilines is 1. The molecule has 2 atom stereocenters. The molecule has 2 aromatic rings. The second kappa shape index (κ2) is 9.82. The van der Waals surface area contributed by atoms with E-state index >= 15 is 0 Å². The van der Waals surface area contributed by atoms with Gasteiger partial charge in [-0.3, -0.25) is 4.79 Å². The van der Waals surface area contributed by atoms with Crippen molar-refractivity contribution in [3.8, 4) is 6.07 Å². The molecule has 40 heavy (non-hydrogen) atoms. The number of halogens is 2. The number of nitrogens with zero attached hydrogens (tertiary/aromatic N) is 3. The molecule has 210 valence electrons. The number of nitriles is 1. The number of ether oxygens (including phenoxy) is 1. The highest BCUT2D eigenvalue weighted by molar-refractivity contribution is 7.92. The van der Waals surface area contributed by atoms with Crippen LogP contribution in [0.15, 0.2) is 47.4 Å². The molecule has 12 heteroatoms. The number of amides is 2. The lowest BCUT2D eigenvalue weighted by molar-refractivity contribution is -0.140. The standard InChI is InChI=1S/C28H28Cl2N4O5S/c29-19-4-2-18(3-5-19)28(10-11-28)25(35)34-16-21(15-24(34)39-26(36)32-27(17-31)8-9-27)40(37,38)23-7-6-20(14-22(23)30)33-12-1-13-33/h2-7,14,21,24H,1,8-13,15-16H2,(H,32,36)/t21-,24+/m1/s1. The van der Waals surface area contributed by atoms with Gasteiger partial charge in [0.1, 0.15) is 5.54 Å². The average molecular weight is 604 g/mol. The smallest absolute Gasteiger partial charge is 0.410 e. The van der Waals surface area contributed by atoms with Crippen LogP contribution < -0.4 is 10.2 Å². The minimum atomic E-state index is -3.98. The fourth-order valence-electron chi connectivity index (χ4n) is 5.52. The molecule has 1 N–H and O–H groups in total. The van der Waals surface area contributed by atoms with Crippen LogP contribution in [0.4, 0.5) is 10.5 Å². The lowest BCUT2D eigenvalue weighted by Crippen LogP contribution is -2.46. The molecule has 2 amide bonds. The molecular weight excluding hydrogens is 575 g/mol. The maximum absolute atomic E-state index is 14.0. The van der Waals surface area contributed by atoms with Gasteiger partial charge in [0.05, 0.1) is 26.7 Å². The third-order valence-electron chi connectivity index (χ3n) is 8.46. The molecule has 4 aliphatic rings. The van der Waals surface area contributed by atoms with Gasteiger partial charge in [0, 0.05) is 36.8 Å². The maximum Gasteiger partial charge on any atom is 0.410 e. The second-order valence-corrected chi connectivity index (χ2v) is 14.1. The summed E-state index contributed by atoms with van der Waals surface area (Å²) < 4.78 is 33.3. The molecule has 0 radical (unpaired) electrons. The predicted octanol–water partition coefficient (Wildman–Crippen LogP) is 4.42. The number of hydrogen-bond acceptors (Lipinski definition) is 7. The Kier molecular flexibility index (Phi) is 6.68. The first-order chi connectivity index (χ1) is 19.1. The van der Waals surface area contributed by atoms with Gasteiger partial charge in [-0.1, -0.05) is 35.3 Å². The Labute approximate surface area is 242 Å². The van der Waals surface area contributed by atoms with Gasteiger partial charge in [0.25, 0.3) is 0 Å². The van der Waals surface area contributed by atoms with Crippen LogP contribution in [-0.2, 0) is 24.8 Å². The van der Waals surface area contributed by atoms with Crippen molar-refractivity contribution in [3.05, 3.63) is 58.1 Å². The van der Waals surface area contributed by atoms with E-state index in [0.29, 0.717) is 30.7 Å². The van der Waals surface area contributed by atoms with Crippen molar-refractivity contribution < 1.29 is 22.7 Å². The SMILES string of the molecule is N#CC1(NC(=O)O[C@H]2C[C@@H](S(=O)(=O)c3ccc(N4CCC4)cc3Cl)CN2C(=O)C2(c3ccc(Cl)cc3)CC2)CC1. The Bertz CT molecular complexity index is 1510. The van der Waals surface area contributed by atoms with Gasteiger partial charge in [0.15, 0.2) is 16.1 Å². The van der Waals surface area contributed by atoms with Gasteiger partial charge in [-0.15, -0.1) is 0 Å². The Morgan fingerprint density at radius 1 is 1.05 bits per heavy atom. The average Bonchev–Trinajstić information content (AvgIpc) is 3.81. The highest BCUT2D eigenvalue weighted by atomic mass is 35.5. The van der Waals surface area contributed by atoms with Gasteiger partial charge in [-0.05, 0) is 68.0 Å². The number of benzene rings is 2. The highest BCUT2D eigenvalue weighted by Gasteiger charge is 2.57. The summed E-state index contributed by atoms with van der Waals surface area (Å²) in [5.41, 5.74) is -0.158. The van der Waals surface area contributed by atoms with Crippen LogP contribution in [0.1, 0.15) is 44.1 Å². The fraction of sp³-hybridized carbons (Fsp3) is 0.464. The molecule has 2 aromatic carbocycles. The summed E-state index contributed by atoms with van der Waals surface area (Å²) in [6, 6.07) is 14.0. The maximum atomic E-state index is 14.0. The second-order valence-electron chi connectivity index (χ2n) is 11.1. The number of nitrogens with one attached hydrogen (secondary N) is 1. The van der Waals surface area contributed by atoms with E-state index in [1.807, 2.05) is 0 Å². The number of hydrogen-bond donors (Lipinski definition) is 1. The van der Waals surface area contributed by atoms with E-state index in [2.05, 4.69) is 16.3 Å². The molecule has 2 aliphatic heterocycles. The van der Waals surface area contributed by atoms with Crippen LogP contribution in [0.25, 0.3) is 0 Å². The summed E-state index contributed by atoms with van der Waals surface area (Å²) in [5.74, 6) is -0.300. The van der Waals surface area contributed by atoms with Crippen molar-refractivity contribution in [2.75, 3.05) is 24.5 Å². The summed E-state index contributed by atoms with van der Waals surface area (Å²) in [7, 11) is -3.98. The molecule has 0 aromatic heterocycles. The minimum absolute atomic E-state index is 0.0128. The van der Waals surface area contributed by atoms with Gasteiger partial charge >= 0.3 is 6.09 Å². The van der Waals surface area contributed by atoms with E-state index in [4.69, 9.17) is 27.9 Å². The van der Waals surface area contributed by atoms with Crippen LogP contribution in [0.5, 0.6) is 0 Å². The number of carbonyl (C=O) groups excluding carboxylic acids is 2. The summed E-state index contributed by atoms with van der Waals surface area (Å²) in [6.07, 6.45) is 1.18. The van der Waals surface area contributed by atoms with Crippen LogP contribution in [0, 0.1) is 11.3 Å². The summed E-state index contributed by atoms with van der Waals surface area (Å²) in [5, 5.41) is 11.5. The fourth-order valence-corrected chi connectivity index (χ4v) is 7.86.